The highest BCUT2D eigenvalue weighted by molar-refractivity contribution is 5.85. The van der Waals surface area contributed by atoms with Crippen LogP contribution in [0.5, 0.6) is 0 Å². The van der Waals surface area contributed by atoms with Crippen LogP contribution in [0.4, 0.5) is 10.5 Å². The fourth-order valence-corrected chi connectivity index (χ4v) is 2.50. The number of amides is 1. The van der Waals surface area contributed by atoms with Crippen LogP contribution < -0.4 is 5.32 Å². The molecule has 1 aliphatic rings. The van der Waals surface area contributed by atoms with Gasteiger partial charge in [-0.05, 0) is 51.3 Å². The van der Waals surface area contributed by atoms with Gasteiger partial charge in [-0.2, -0.15) is 5.26 Å². The molecule has 5 heteroatoms. The molecule has 2 rings (SSSR count). The summed E-state index contributed by atoms with van der Waals surface area (Å²) in [4.78, 5) is 11.8. The highest BCUT2D eigenvalue weighted by atomic mass is 16.6. The number of anilines is 1. The third-order valence-electron chi connectivity index (χ3n) is 3.62. The van der Waals surface area contributed by atoms with Crippen molar-refractivity contribution in [2.45, 2.75) is 44.6 Å². The summed E-state index contributed by atoms with van der Waals surface area (Å²) in [5.41, 5.74) is 0.458. The van der Waals surface area contributed by atoms with Crippen LogP contribution in [0, 0.1) is 11.3 Å². The zero-order chi connectivity index (χ0) is 16.2. The third-order valence-corrected chi connectivity index (χ3v) is 3.62. The van der Waals surface area contributed by atoms with Gasteiger partial charge < -0.3 is 9.47 Å². The van der Waals surface area contributed by atoms with Gasteiger partial charge in [-0.25, -0.2) is 4.79 Å². The zero-order valence-electron chi connectivity index (χ0n) is 13.3. The SMILES string of the molecule is CC(C)(C)OC(=O)Nc1cccc(C2(C#N)CCOCC2)c1. The van der Waals surface area contributed by atoms with Crippen molar-refractivity contribution in [3.63, 3.8) is 0 Å². The van der Waals surface area contributed by atoms with Crippen LogP contribution in [0.1, 0.15) is 39.2 Å². The number of rotatable bonds is 2. The van der Waals surface area contributed by atoms with E-state index in [0.29, 0.717) is 31.7 Å². The number of hydrogen-bond donors (Lipinski definition) is 1. The number of ether oxygens (including phenoxy) is 2. The standard InChI is InChI=1S/C17H22N2O3/c1-16(2,3)22-15(20)19-14-6-4-5-13(11-14)17(12-18)7-9-21-10-8-17/h4-6,11H,7-10H2,1-3H3,(H,19,20). The van der Waals surface area contributed by atoms with E-state index in [1.807, 2.05) is 39.0 Å². The van der Waals surface area contributed by atoms with E-state index in [0.717, 1.165) is 5.56 Å². The molecule has 0 unspecified atom stereocenters. The van der Waals surface area contributed by atoms with Crippen molar-refractivity contribution >= 4 is 11.8 Å². The summed E-state index contributed by atoms with van der Waals surface area (Å²) in [5, 5.41) is 12.3. The first-order chi connectivity index (χ1) is 10.3. The number of carbonyl (C=O) groups is 1. The van der Waals surface area contributed by atoms with E-state index < -0.39 is 17.1 Å². The monoisotopic (exact) mass is 302 g/mol. The average Bonchev–Trinajstić information content (AvgIpc) is 2.46. The van der Waals surface area contributed by atoms with Gasteiger partial charge in [0, 0.05) is 18.9 Å². The van der Waals surface area contributed by atoms with Crippen LogP contribution in [-0.4, -0.2) is 24.9 Å². The second kappa shape index (κ2) is 6.37. The Labute approximate surface area is 131 Å². The molecule has 0 aliphatic carbocycles. The Morgan fingerprint density at radius 2 is 2.05 bits per heavy atom. The van der Waals surface area contributed by atoms with Crippen molar-refractivity contribution in [2.75, 3.05) is 18.5 Å². The van der Waals surface area contributed by atoms with Gasteiger partial charge in [0.15, 0.2) is 0 Å². The average molecular weight is 302 g/mol. The van der Waals surface area contributed by atoms with Gasteiger partial charge in [-0.3, -0.25) is 5.32 Å². The van der Waals surface area contributed by atoms with Crippen LogP contribution in [0.25, 0.3) is 0 Å². The molecule has 22 heavy (non-hydrogen) atoms. The summed E-state index contributed by atoms with van der Waals surface area (Å²) in [5.74, 6) is 0. The van der Waals surface area contributed by atoms with Crippen molar-refractivity contribution in [3.8, 4) is 6.07 Å². The number of hydrogen-bond acceptors (Lipinski definition) is 4. The molecule has 0 spiro atoms. The Kier molecular flexibility index (Phi) is 4.72. The fourth-order valence-electron chi connectivity index (χ4n) is 2.50. The number of benzene rings is 1. The van der Waals surface area contributed by atoms with Gasteiger partial charge in [0.1, 0.15) is 5.60 Å². The molecule has 1 saturated heterocycles. The molecule has 1 fully saturated rings. The smallest absolute Gasteiger partial charge is 0.412 e. The van der Waals surface area contributed by atoms with E-state index in [1.165, 1.54) is 0 Å². The summed E-state index contributed by atoms with van der Waals surface area (Å²) in [6.07, 6.45) is 0.835. The van der Waals surface area contributed by atoms with Crippen molar-refractivity contribution in [1.29, 1.82) is 5.26 Å². The van der Waals surface area contributed by atoms with Gasteiger partial charge in [0.2, 0.25) is 0 Å². The predicted octanol–water partition coefficient (Wildman–Crippen LogP) is 3.61. The summed E-state index contributed by atoms with van der Waals surface area (Å²) < 4.78 is 10.6. The summed E-state index contributed by atoms with van der Waals surface area (Å²) in [6, 6.07) is 9.83. The Morgan fingerprint density at radius 3 is 2.64 bits per heavy atom. The number of nitrogens with one attached hydrogen (secondary N) is 1. The van der Waals surface area contributed by atoms with Crippen molar-refractivity contribution < 1.29 is 14.3 Å². The second-order valence-corrected chi connectivity index (χ2v) is 6.51. The lowest BCUT2D eigenvalue weighted by Gasteiger charge is -2.31. The zero-order valence-corrected chi connectivity index (χ0v) is 13.3. The predicted molar refractivity (Wildman–Crippen MR) is 83.6 cm³/mol. The topological polar surface area (TPSA) is 71.3 Å². The van der Waals surface area contributed by atoms with Crippen molar-refractivity contribution in [1.82, 2.24) is 0 Å². The highest BCUT2D eigenvalue weighted by Crippen LogP contribution is 2.35. The summed E-state index contributed by atoms with van der Waals surface area (Å²) in [6.45, 7) is 6.61. The van der Waals surface area contributed by atoms with E-state index in [-0.39, 0.29) is 0 Å². The van der Waals surface area contributed by atoms with E-state index >= 15 is 0 Å². The molecule has 1 N–H and O–H groups in total. The summed E-state index contributed by atoms with van der Waals surface area (Å²) in [7, 11) is 0. The second-order valence-electron chi connectivity index (χ2n) is 6.51. The quantitative estimate of drug-likeness (QED) is 0.906. The molecule has 0 radical (unpaired) electrons. The maximum atomic E-state index is 11.8. The van der Waals surface area contributed by atoms with Gasteiger partial charge >= 0.3 is 6.09 Å². The van der Waals surface area contributed by atoms with Gasteiger partial charge in [-0.15, -0.1) is 0 Å². The molecule has 1 aromatic carbocycles. The Balaban J connectivity index is 2.16. The number of nitrogens with zero attached hydrogens (tertiary/aromatic N) is 1. The highest BCUT2D eigenvalue weighted by Gasteiger charge is 2.34. The molecule has 0 atom stereocenters. The Bertz CT molecular complexity index is 578. The first kappa shape index (κ1) is 16.3. The van der Waals surface area contributed by atoms with E-state index in [2.05, 4.69) is 11.4 Å². The molecule has 0 saturated carbocycles. The van der Waals surface area contributed by atoms with Crippen LogP contribution in [0.2, 0.25) is 0 Å². The first-order valence-corrected chi connectivity index (χ1v) is 7.44. The minimum absolute atomic E-state index is 0.498. The number of nitriles is 1. The Hall–Kier alpha value is -2.06. The van der Waals surface area contributed by atoms with Gasteiger partial charge in [-0.1, -0.05) is 12.1 Å². The number of carbonyl (C=O) groups excluding carboxylic acids is 1. The minimum atomic E-state index is -0.545. The molecule has 0 bridgehead atoms. The van der Waals surface area contributed by atoms with Crippen LogP contribution in [0.3, 0.4) is 0 Å². The molecule has 1 aromatic rings. The fraction of sp³-hybridized carbons (Fsp3) is 0.529. The van der Waals surface area contributed by atoms with Gasteiger partial charge in [0.25, 0.3) is 0 Å². The van der Waals surface area contributed by atoms with Crippen LogP contribution >= 0.6 is 0 Å². The largest absolute Gasteiger partial charge is 0.444 e. The lowest BCUT2D eigenvalue weighted by atomic mass is 9.75. The lowest BCUT2D eigenvalue weighted by Crippen LogP contribution is -2.32. The third kappa shape index (κ3) is 3.99. The maximum absolute atomic E-state index is 11.8. The first-order valence-electron chi connectivity index (χ1n) is 7.44. The van der Waals surface area contributed by atoms with Crippen LogP contribution in [-0.2, 0) is 14.9 Å². The molecule has 1 aliphatic heterocycles. The lowest BCUT2D eigenvalue weighted by molar-refractivity contribution is 0.0634. The molecule has 1 amide bonds. The summed E-state index contributed by atoms with van der Waals surface area (Å²) >= 11 is 0. The van der Waals surface area contributed by atoms with E-state index in [9.17, 15) is 10.1 Å². The maximum Gasteiger partial charge on any atom is 0.412 e. The Morgan fingerprint density at radius 1 is 1.36 bits per heavy atom. The molecule has 0 aromatic heterocycles. The van der Waals surface area contributed by atoms with Crippen molar-refractivity contribution in [2.24, 2.45) is 0 Å². The van der Waals surface area contributed by atoms with Gasteiger partial charge in [0.05, 0.1) is 11.5 Å². The van der Waals surface area contributed by atoms with Crippen molar-refractivity contribution in [3.05, 3.63) is 29.8 Å². The molecular weight excluding hydrogens is 280 g/mol. The van der Waals surface area contributed by atoms with Crippen LogP contribution in [0.15, 0.2) is 24.3 Å². The van der Waals surface area contributed by atoms with E-state index in [1.54, 1.807) is 6.07 Å². The van der Waals surface area contributed by atoms with E-state index in [4.69, 9.17) is 9.47 Å². The molecule has 118 valence electrons. The normalized spacial score (nSPS) is 17.4. The minimum Gasteiger partial charge on any atom is -0.444 e. The molecule has 5 nitrogen and oxygen atoms in total. The molecule has 1 heterocycles. The molecular formula is C17H22N2O3.